The molecule has 0 aliphatic carbocycles. The highest BCUT2D eigenvalue weighted by molar-refractivity contribution is 6.59. The molecule has 0 unspecified atom stereocenters. The monoisotopic (exact) mass is 193 g/mol. The van der Waals surface area contributed by atoms with Gasteiger partial charge in [0.25, 0.3) is 0 Å². The van der Waals surface area contributed by atoms with Gasteiger partial charge in [0.15, 0.2) is 0 Å². The van der Waals surface area contributed by atoms with Crippen molar-refractivity contribution in [3.05, 3.63) is 23.8 Å². The Balaban J connectivity index is 3.00. The summed E-state index contributed by atoms with van der Waals surface area (Å²) in [5, 5.41) is 20.6. The second-order valence-corrected chi connectivity index (χ2v) is 3.13. The zero-order valence-electron chi connectivity index (χ0n) is 8.11. The molecule has 0 fully saturated rings. The van der Waals surface area contributed by atoms with E-state index in [1.54, 1.807) is 25.1 Å². The largest absolute Gasteiger partial charge is 0.488 e. The Kier molecular flexibility index (Phi) is 3.27. The van der Waals surface area contributed by atoms with Gasteiger partial charge in [-0.3, -0.25) is 4.79 Å². The van der Waals surface area contributed by atoms with E-state index in [1.165, 1.54) is 6.92 Å². The number of hydrogen-bond acceptors (Lipinski definition) is 3. The first-order valence-electron chi connectivity index (χ1n) is 4.25. The maximum atomic E-state index is 10.7. The number of anilines is 1. The molecule has 1 aromatic rings. The first-order valence-corrected chi connectivity index (χ1v) is 4.25. The van der Waals surface area contributed by atoms with Crippen LogP contribution >= 0.6 is 0 Å². The first-order chi connectivity index (χ1) is 6.50. The van der Waals surface area contributed by atoms with Crippen molar-refractivity contribution in [1.29, 1.82) is 0 Å². The number of benzene rings is 1. The van der Waals surface area contributed by atoms with E-state index >= 15 is 0 Å². The number of rotatable bonds is 2. The van der Waals surface area contributed by atoms with Crippen molar-refractivity contribution in [2.45, 2.75) is 13.8 Å². The van der Waals surface area contributed by atoms with Crippen molar-refractivity contribution in [3.63, 3.8) is 0 Å². The molecule has 1 aromatic carbocycles. The van der Waals surface area contributed by atoms with Crippen LogP contribution in [0.2, 0.25) is 0 Å². The van der Waals surface area contributed by atoms with Gasteiger partial charge in [-0.2, -0.15) is 0 Å². The Morgan fingerprint density at radius 2 is 2.07 bits per heavy atom. The van der Waals surface area contributed by atoms with Gasteiger partial charge in [-0.05, 0) is 24.5 Å². The van der Waals surface area contributed by atoms with Gasteiger partial charge in [0, 0.05) is 12.6 Å². The Morgan fingerprint density at radius 3 is 2.57 bits per heavy atom. The van der Waals surface area contributed by atoms with Gasteiger partial charge in [0.05, 0.1) is 0 Å². The second kappa shape index (κ2) is 4.26. The first kappa shape index (κ1) is 10.8. The van der Waals surface area contributed by atoms with E-state index in [0.717, 1.165) is 5.56 Å². The number of carbonyl (C=O) groups is 1. The lowest BCUT2D eigenvalue weighted by Gasteiger charge is -2.08. The van der Waals surface area contributed by atoms with Crippen molar-refractivity contribution in [2.24, 2.45) is 0 Å². The lowest BCUT2D eigenvalue weighted by atomic mass is 9.77. The number of amides is 1. The van der Waals surface area contributed by atoms with Gasteiger partial charge in [-0.1, -0.05) is 11.6 Å². The average Bonchev–Trinajstić information content (AvgIpc) is 2.07. The smallest absolute Gasteiger partial charge is 0.423 e. The second-order valence-electron chi connectivity index (χ2n) is 3.13. The Labute approximate surface area is 82.7 Å². The van der Waals surface area contributed by atoms with Crippen LogP contribution in [0.25, 0.3) is 0 Å². The third kappa shape index (κ3) is 2.58. The Morgan fingerprint density at radius 1 is 1.43 bits per heavy atom. The summed E-state index contributed by atoms with van der Waals surface area (Å²) in [5.74, 6) is -0.188. The maximum Gasteiger partial charge on any atom is 0.488 e. The molecule has 3 N–H and O–H groups in total. The zero-order valence-corrected chi connectivity index (χ0v) is 8.11. The van der Waals surface area contributed by atoms with Crippen molar-refractivity contribution in [1.82, 2.24) is 0 Å². The molecule has 74 valence electrons. The number of hydrogen-bond donors (Lipinski definition) is 3. The summed E-state index contributed by atoms with van der Waals surface area (Å²) in [5.41, 5.74) is 1.73. The fraction of sp³-hybridized carbons (Fsp3) is 0.222. The summed E-state index contributed by atoms with van der Waals surface area (Å²) >= 11 is 0. The third-order valence-corrected chi connectivity index (χ3v) is 1.88. The van der Waals surface area contributed by atoms with Crippen LogP contribution < -0.4 is 10.8 Å². The molecule has 0 aliphatic rings. The number of carbonyl (C=O) groups excluding carboxylic acids is 1. The Bertz CT molecular complexity index is 352. The molecule has 0 atom stereocenters. The molecule has 0 saturated heterocycles. The minimum Gasteiger partial charge on any atom is -0.423 e. The van der Waals surface area contributed by atoms with Crippen LogP contribution in [0.1, 0.15) is 12.5 Å². The molecule has 0 radical (unpaired) electrons. The minimum atomic E-state index is -1.51. The van der Waals surface area contributed by atoms with Crippen LogP contribution in [0.5, 0.6) is 0 Å². The highest BCUT2D eigenvalue weighted by Crippen LogP contribution is 2.07. The maximum absolute atomic E-state index is 10.7. The third-order valence-electron chi connectivity index (χ3n) is 1.88. The summed E-state index contributed by atoms with van der Waals surface area (Å²) in [6.07, 6.45) is 0. The van der Waals surface area contributed by atoms with Crippen molar-refractivity contribution in [3.8, 4) is 0 Å². The van der Waals surface area contributed by atoms with Crippen LogP contribution in [0.15, 0.2) is 18.2 Å². The average molecular weight is 193 g/mol. The van der Waals surface area contributed by atoms with Crippen molar-refractivity contribution >= 4 is 24.2 Å². The van der Waals surface area contributed by atoms with Gasteiger partial charge in [0.1, 0.15) is 0 Å². The van der Waals surface area contributed by atoms with Crippen LogP contribution in [0, 0.1) is 6.92 Å². The normalized spacial score (nSPS) is 9.71. The van der Waals surface area contributed by atoms with Crippen LogP contribution in [0.4, 0.5) is 5.69 Å². The van der Waals surface area contributed by atoms with E-state index in [2.05, 4.69) is 5.32 Å². The Hall–Kier alpha value is -1.33. The zero-order chi connectivity index (χ0) is 10.7. The topological polar surface area (TPSA) is 69.6 Å². The molecular formula is C9H12BNO3. The molecule has 0 spiro atoms. The summed E-state index contributed by atoms with van der Waals surface area (Å²) in [4.78, 5) is 10.7. The molecule has 5 heteroatoms. The molecule has 0 aliphatic heterocycles. The highest BCUT2D eigenvalue weighted by atomic mass is 16.4. The molecule has 0 saturated carbocycles. The molecule has 0 aromatic heterocycles. The molecular weight excluding hydrogens is 181 g/mol. The van der Waals surface area contributed by atoms with Gasteiger partial charge in [-0.15, -0.1) is 0 Å². The summed E-state index contributed by atoms with van der Waals surface area (Å²) in [6.45, 7) is 3.17. The molecule has 1 rings (SSSR count). The van der Waals surface area contributed by atoms with E-state index < -0.39 is 7.12 Å². The van der Waals surface area contributed by atoms with E-state index in [9.17, 15) is 4.79 Å². The van der Waals surface area contributed by atoms with Crippen molar-refractivity contribution < 1.29 is 14.8 Å². The lowest BCUT2D eigenvalue weighted by molar-refractivity contribution is -0.114. The van der Waals surface area contributed by atoms with Crippen molar-refractivity contribution in [2.75, 3.05) is 5.32 Å². The molecule has 0 heterocycles. The summed E-state index contributed by atoms with van der Waals surface area (Å²) in [6, 6.07) is 4.98. The fourth-order valence-electron chi connectivity index (χ4n) is 1.20. The fourth-order valence-corrected chi connectivity index (χ4v) is 1.20. The standard InChI is InChI=1S/C9H12BNO3/c1-6-3-4-8(11-7(2)12)5-9(6)10(13)14/h3-5,13-14H,1-2H3,(H,11,12). The molecule has 14 heavy (non-hydrogen) atoms. The summed E-state index contributed by atoms with van der Waals surface area (Å²) in [7, 11) is -1.51. The predicted octanol–water partition coefficient (Wildman–Crippen LogP) is -0.367. The van der Waals surface area contributed by atoms with Crippen LogP contribution in [-0.4, -0.2) is 23.1 Å². The van der Waals surface area contributed by atoms with Gasteiger partial charge < -0.3 is 15.4 Å². The lowest BCUT2D eigenvalue weighted by Crippen LogP contribution is -2.32. The van der Waals surface area contributed by atoms with Crippen LogP contribution in [0.3, 0.4) is 0 Å². The van der Waals surface area contributed by atoms with Gasteiger partial charge >= 0.3 is 7.12 Å². The number of nitrogens with one attached hydrogen (secondary N) is 1. The summed E-state index contributed by atoms with van der Waals surface area (Å²) < 4.78 is 0. The molecule has 0 bridgehead atoms. The molecule has 1 amide bonds. The van der Waals surface area contributed by atoms with Crippen LogP contribution in [-0.2, 0) is 4.79 Å². The van der Waals surface area contributed by atoms with E-state index in [-0.39, 0.29) is 5.91 Å². The molecule has 4 nitrogen and oxygen atoms in total. The highest BCUT2D eigenvalue weighted by Gasteiger charge is 2.14. The quantitative estimate of drug-likeness (QED) is 0.561. The number of aryl methyl sites for hydroxylation is 1. The van der Waals surface area contributed by atoms with E-state index in [4.69, 9.17) is 10.0 Å². The van der Waals surface area contributed by atoms with Gasteiger partial charge in [0.2, 0.25) is 5.91 Å². The van der Waals surface area contributed by atoms with E-state index in [1.807, 2.05) is 0 Å². The predicted molar refractivity (Wildman–Crippen MR) is 55.3 cm³/mol. The van der Waals surface area contributed by atoms with E-state index in [0.29, 0.717) is 11.2 Å². The minimum absolute atomic E-state index is 0.188. The SMILES string of the molecule is CC(=O)Nc1ccc(C)c(B(O)O)c1. The van der Waals surface area contributed by atoms with Gasteiger partial charge in [-0.25, -0.2) is 0 Å².